The summed E-state index contributed by atoms with van der Waals surface area (Å²) in [4.78, 5) is 0. The van der Waals surface area contributed by atoms with Crippen molar-refractivity contribution in [1.82, 2.24) is 0 Å². The molecule has 3 nitrogen and oxygen atoms in total. The van der Waals surface area contributed by atoms with Crippen molar-refractivity contribution < 1.29 is 4.39 Å². The predicted octanol–water partition coefficient (Wildman–Crippen LogP) is 2.15. The fourth-order valence-corrected chi connectivity index (χ4v) is 1.05. The Morgan fingerprint density at radius 1 is 1.00 bits per heavy atom. The second-order valence-electron chi connectivity index (χ2n) is 2.57. The number of hydrogen-bond donors (Lipinski definition) is 0. The molecule has 1 aromatic carbocycles. The summed E-state index contributed by atoms with van der Waals surface area (Å²) in [5, 5.41) is 25.9. The zero-order valence-corrected chi connectivity index (χ0v) is 7.53. The van der Waals surface area contributed by atoms with Crippen molar-refractivity contribution in [2.24, 2.45) is 0 Å². The maximum absolute atomic E-state index is 13.3. The lowest BCUT2D eigenvalue weighted by molar-refractivity contribution is 0.624. The fraction of sp³-hybridized carbons (Fsp3) is 0. The predicted molar refractivity (Wildman–Crippen MR) is 50.2 cm³/mol. The van der Waals surface area contributed by atoms with Crippen LogP contribution in [0.1, 0.15) is 5.56 Å². The molecule has 4 heteroatoms. The molecular weight excluding hydrogens is 193 g/mol. The van der Waals surface area contributed by atoms with Crippen molar-refractivity contribution >= 4 is 5.57 Å². The average Bonchev–Trinajstić information content (AvgIpc) is 2.27. The Hall–Kier alpha value is -2.64. The standard InChI is InChI=1S/C11H4FN3/c12-11-4-2-1-3-9(11)10(7-15)8(5-13)6-14/h1-4H. The van der Waals surface area contributed by atoms with E-state index in [0.29, 0.717) is 0 Å². The average molecular weight is 197 g/mol. The van der Waals surface area contributed by atoms with Crippen LogP contribution in [0.2, 0.25) is 0 Å². The van der Waals surface area contributed by atoms with Crippen LogP contribution in [0.3, 0.4) is 0 Å². The van der Waals surface area contributed by atoms with Crippen LogP contribution in [0.25, 0.3) is 5.57 Å². The first-order valence-electron chi connectivity index (χ1n) is 3.94. The van der Waals surface area contributed by atoms with Crippen molar-refractivity contribution in [3.8, 4) is 18.2 Å². The lowest BCUT2D eigenvalue weighted by Crippen LogP contribution is -1.90. The smallest absolute Gasteiger partial charge is 0.148 e. The van der Waals surface area contributed by atoms with E-state index in [2.05, 4.69) is 0 Å². The Labute approximate surface area is 85.9 Å². The molecule has 1 rings (SSSR count). The van der Waals surface area contributed by atoms with Crippen LogP contribution in [0.4, 0.5) is 4.39 Å². The van der Waals surface area contributed by atoms with Gasteiger partial charge in [-0.05, 0) is 6.07 Å². The minimum absolute atomic E-state index is 0.0295. The third-order valence-electron chi connectivity index (χ3n) is 1.73. The van der Waals surface area contributed by atoms with Crippen LogP contribution in [-0.4, -0.2) is 0 Å². The highest BCUT2D eigenvalue weighted by Gasteiger charge is 2.12. The molecule has 0 aliphatic heterocycles. The van der Waals surface area contributed by atoms with Gasteiger partial charge in [-0.25, -0.2) is 4.39 Å². The number of halogens is 1. The van der Waals surface area contributed by atoms with Gasteiger partial charge in [0.25, 0.3) is 0 Å². The van der Waals surface area contributed by atoms with E-state index in [0.717, 1.165) is 0 Å². The summed E-state index contributed by atoms with van der Waals surface area (Å²) in [6, 6.07) is 10.3. The number of nitriles is 3. The molecule has 0 atom stereocenters. The first-order chi connectivity index (χ1) is 7.24. The molecular formula is C11H4FN3. The first-order valence-corrected chi connectivity index (χ1v) is 3.94. The van der Waals surface area contributed by atoms with E-state index in [1.54, 1.807) is 18.2 Å². The highest BCUT2D eigenvalue weighted by molar-refractivity contribution is 5.84. The molecule has 0 unspecified atom stereocenters. The van der Waals surface area contributed by atoms with Gasteiger partial charge in [-0.2, -0.15) is 15.8 Å². The number of rotatable bonds is 1. The lowest BCUT2D eigenvalue weighted by Gasteiger charge is -1.99. The quantitative estimate of drug-likeness (QED) is 0.647. The molecule has 1 aromatic rings. The minimum atomic E-state index is -0.628. The highest BCUT2D eigenvalue weighted by Crippen LogP contribution is 2.20. The SMILES string of the molecule is N#CC(C#N)=C(C#N)c1ccccc1F. The molecule has 15 heavy (non-hydrogen) atoms. The molecule has 0 heterocycles. The van der Waals surface area contributed by atoms with Crippen LogP contribution < -0.4 is 0 Å². The van der Waals surface area contributed by atoms with Crippen LogP contribution in [0, 0.1) is 39.8 Å². The second kappa shape index (κ2) is 4.56. The van der Waals surface area contributed by atoms with Gasteiger partial charge in [-0.3, -0.25) is 0 Å². The molecule has 0 amide bonds. The molecule has 0 aromatic heterocycles. The number of hydrogen-bond acceptors (Lipinski definition) is 3. The molecule has 0 fully saturated rings. The Morgan fingerprint density at radius 3 is 2.07 bits per heavy atom. The maximum Gasteiger partial charge on any atom is 0.148 e. The Morgan fingerprint density at radius 2 is 1.60 bits per heavy atom. The van der Waals surface area contributed by atoms with Gasteiger partial charge in [-0.15, -0.1) is 0 Å². The van der Waals surface area contributed by atoms with E-state index in [4.69, 9.17) is 15.8 Å². The number of allylic oxidation sites excluding steroid dienone is 2. The summed E-state index contributed by atoms with van der Waals surface area (Å²) in [6.07, 6.45) is 0. The molecule has 0 bridgehead atoms. The third-order valence-corrected chi connectivity index (χ3v) is 1.73. The maximum atomic E-state index is 13.3. The topological polar surface area (TPSA) is 71.4 Å². The molecule has 0 aliphatic rings. The highest BCUT2D eigenvalue weighted by atomic mass is 19.1. The van der Waals surface area contributed by atoms with E-state index >= 15 is 0 Å². The van der Waals surface area contributed by atoms with Crippen molar-refractivity contribution in [3.05, 3.63) is 41.2 Å². The zero-order valence-electron chi connectivity index (χ0n) is 7.53. The van der Waals surface area contributed by atoms with E-state index in [1.165, 1.54) is 24.3 Å². The molecule has 0 saturated heterocycles. The molecule has 0 N–H and O–H groups in total. The van der Waals surface area contributed by atoms with E-state index in [9.17, 15) is 4.39 Å². The largest absolute Gasteiger partial charge is 0.206 e. The van der Waals surface area contributed by atoms with Crippen molar-refractivity contribution in [2.75, 3.05) is 0 Å². The van der Waals surface area contributed by atoms with Crippen LogP contribution in [0.5, 0.6) is 0 Å². The summed E-state index contributed by atoms with van der Waals surface area (Å²) < 4.78 is 13.3. The Kier molecular flexibility index (Phi) is 3.17. The first kappa shape index (κ1) is 10.4. The van der Waals surface area contributed by atoms with Gasteiger partial charge in [0, 0.05) is 5.56 Å². The summed E-state index contributed by atoms with van der Waals surface area (Å²) in [7, 11) is 0. The van der Waals surface area contributed by atoms with Crippen molar-refractivity contribution in [2.45, 2.75) is 0 Å². The lowest BCUT2D eigenvalue weighted by atomic mass is 10.0. The van der Waals surface area contributed by atoms with Crippen molar-refractivity contribution in [1.29, 1.82) is 15.8 Å². The molecule has 0 aliphatic carbocycles. The Balaban J connectivity index is 3.49. The van der Waals surface area contributed by atoms with Gasteiger partial charge in [-0.1, -0.05) is 18.2 Å². The third kappa shape index (κ3) is 1.99. The molecule has 0 spiro atoms. The molecule has 70 valence electrons. The van der Waals surface area contributed by atoms with Gasteiger partial charge >= 0.3 is 0 Å². The van der Waals surface area contributed by atoms with E-state index in [1.807, 2.05) is 0 Å². The van der Waals surface area contributed by atoms with Gasteiger partial charge in [0.1, 0.15) is 29.6 Å². The summed E-state index contributed by atoms with van der Waals surface area (Å²) in [5.74, 6) is -0.628. The Bertz CT molecular complexity index is 522. The van der Waals surface area contributed by atoms with Gasteiger partial charge < -0.3 is 0 Å². The molecule has 0 radical (unpaired) electrons. The number of benzene rings is 1. The monoisotopic (exact) mass is 197 g/mol. The van der Waals surface area contributed by atoms with Gasteiger partial charge in [0.2, 0.25) is 0 Å². The summed E-state index contributed by atoms with van der Waals surface area (Å²) >= 11 is 0. The minimum Gasteiger partial charge on any atom is -0.206 e. The normalized spacial score (nSPS) is 8.13. The van der Waals surface area contributed by atoms with Crippen LogP contribution in [-0.2, 0) is 0 Å². The second-order valence-corrected chi connectivity index (χ2v) is 2.57. The molecule has 0 saturated carbocycles. The van der Waals surface area contributed by atoms with E-state index < -0.39 is 5.82 Å². The summed E-state index contributed by atoms with van der Waals surface area (Å²) in [5.41, 5.74) is -0.654. The fourth-order valence-electron chi connectivity index (χ4n) is 1.05. The van der Waals surface area contributed by atoms with Crippen LogP contribution in [0.15, 0.2) is 29.8 Å². The van der Waals surface area contributed by atoms with Crippen LogP contribution >= 0.6 is 0 Å². The van der Waals surface area contributed by atoms with Gasteiger partial charge in [0.15, 0.2) is 0 Å². The van der Waals surface area contributed by atoms with Crippen molar-refractivity contribution in [3.63, 3.8) is 0 Å². The number of nitrogens with zero attached hydrogens (tertiary/aromatic N) is 3. The summed E-state index contributed by atoms with van der Waals surface area (Å²) in [6.45, 7) is 0. The zero-order chi connectivity index (χ0) is 11.3. The van der Waals surface area contributed by atoms with E-state index in [-0.39, 0.29) is 16.7 Å². The van der Waals surface area contributed by atoms with Gasteiger partial charge in [0.05, 0.1) is 5.57 Å².